The molecule has 0 aliphatic carbocycles. The molecule has 1 rings (SSSR count). The third-order valence-corrected chi connectivity index (χ3v) is 2.25. The fourth-order valence-corrected chi connectivity index (χ4v) is 1.37. The summed E-state index contributed by atoms with van der Waals surface area (Å²) in [5, 5.41) is 8.99. The lowest BCUT2D eigenvalue weighted by Gasteiger charge is -2.17. The van der Waals surface area contributed by atoms with Gasteiger partial charge in [-0.3, -0.25) is 4.79 Å². The Labute approximate surface area is 77.4 Å². The second-order valence-electron chi connectivity index (χ2n) is 3.76. The Balaban J connectivity index is 3.21. The SMILES string of the molecule is Cc1cc(C(C)(C)C(=O)O)c(C)o1. The Bertz CT molecular complexity index is 334. The quantitative estimate of drug-likeness (QED) is 0.763. The molecule has 1 aromatic heterocycles. The van der Waals surface area contributed by atoms with Crippen LogP contribution in [0.3, 0.4) is 0 Å². The summed E-state index contributed by atoms with van der Waals surface area (Å²) in [6, 6.07) is 1.78. The summed E-state index contributed by atoms with van der Waals surface area (Å²) >= 11 is 0. The number of furan rings is 1. The van der Waals surface area contributed by atoms with E-state index in [4.69, 9.17) is 9.52 Å². The zero-order valence-electron chi connectivity index (χ0n) is 8.34. The fraction of sp³-hybridized carbons (Fsp3) is 0.500. The van der Waals surface area contributed by atoms with E-state index in [-0.39, 0.29) is 0 Å². The van der Waals surface area contributed by atoms with Gasteiger partial charge in [-0.15, -0.1) is 0 Å². The highest BCUT2D eigenvalue weighted by Crippen LogP contribution is 2.28. The number of hydrogen-bond acceptors (Lipinski definition) is 2. The Morgan fingerprint density at radius 2 is 2.00 bits per heavy atom. The first-order valence-corrected chi connectivity index (χ1v) is 4.16. The van der Waals surface area contributed by atoms with Crippen LogP contribution < -0.4 is 0 Å². The van der Waals surface area contributed by atoms with Crippen molar-refractivity contribution in [2.24, 2.45) is 0 Å². The predicted octanol–water partition coefficient (Wildman–Crippen LogP) is 2.26. The van der Waals surface area contributed by atoms with E-state index in [0.29, 0.717) is 5.76 Å². The Morgan fingerprint density at radius 1 is 1.46 bits per heavy atom. The minimum Gasteiger partial charge on any atom is -0.481 e. The van der Waals surface area contributed by atoms with E-state index < -0.39 is 11.4 Å². The summed E-state index contributed by atoms with van der Waals surface area (Å²) in [4.78, 5) is 10.9. The molecule has 0 unspecified atom stereocenters. The van der Waals surface area contributed by atoms with Crippen molar-refractivity contribution in [3.8, 4) is 0 Å². The molecular weight excluding hydrogens is 168 g/mol. The molecule has 0 atom stereocenters. The molecule has 1 heterocycles. The number of aliphatic carboxylic acids is 1. The van der Waals surface area contributed by atoms with Crippen molar-refractivity contribution in [1.29, 1.82) is 0 Å². The van der Waals surface area contributed by atoms with Gasteiger partial charge in [0.2, 0.25) is 0 Å². The van der Waals surface area contributed by atoms with Gasteiger partial charge in [0, 0.05) is 5.56 Å². The van der Waals surface area contributed by atoms with E-state index in [0.717, 1.165) is 11.3 Å². The van der Waals surface area contributed by atoms with Gasteiger partial charge in [0.15, 0.2) is 0 Å². The Hall–Kier alpha value is -1.25. The summed E-state index contributed by atoms with van der Waals surface area (Å²) in [6.07, 6.45) is 0. The van der Waals surface area contributed by atoms with Crippen molar-refractivity contribution in [3.63, 3.8) is 0 Å². The van der Waals surface area contributed by atoms with Gasteiger partial charge < -0.3 is 9.52 Å². The van der Waals surface area contributed by atoms with Crippen molar-refractivity contribution < 1.29 is 14.3 Å². The number of carboxylic acid groups (broad SMARTS) is 1. The molecule has 0 bridgehead atoms. The van der Waals surface area contributed by atoms with E-state index in [1.807, 2.05) is 6.92 Å². The van der Waals surface area contributed by atoms with E-state index in [9.17, 15) is 4.79 Å². The maximum absolute atomic E-state index is 10.9. The van der Waals surface area contributed by atoms with Gasteiger partial charge in [-0.1, -0.05) is 0 Å². The van der Waals surface area contributed by atoms with Gasteiger partial charge in [-0.05, 0) is 33.8 Å². The van der Waals surface area contributed by atoms with Gasteiger partial charge in [-0.2, -0.15) is 0 Å². The molecule has 0 fully saturated rings. The molecule has 72 valence electrons. The standard InChI is InChI=1S/C10H14O3/c1-6-5-8(7(2)13-6)10(3,4)9(11)12/h5H,1-4H3,(H,11,12). The van der Waals surface area contributed by atoms with Gasteiger partial charge >= 0.3 is 5.97 Å². The summed E-state index contributed by atoms with van der Waals surface area (Å²) in [7, 11) is 0. The van der Waals surface area contributed by atoms with Crippen LogP contribution >= 0.6 is 0 Å². The highest BCUT2D eigenvalue weighted by atomic mass is 16.4. The summed E-state index contributed by atoms with van der Waals surface area (Å²) in [6.45, 7) is 6.95. The van der Waals surface area contributed by atoms with E-state index in [1.54, 1.807) is 26.8 Å². The lowest BCUT2D eigenvalue weighted by molar-refractivity contribution is -0.142. The molecule has 3 nitrogen and oxygen atoms in total. The minimum atomic E-state index is -0.873. The Morgan fingerprint density at radius 3 is 2.31 bits per heavy atom. The monoisotopic (exact) mass is 182 g/mol. The van der Waals surface area contributed by atoms with Crippen LogP contribution in [0.15, 0.2) is 10.5 Å². The van der Waals surface area contributed by atoms with Gasteiger partial charge in [0.05, 0.1) is 5.41 Å². The highest BCUT2D eigenvalue weighted by Gasteiger charge is 2.32. The molecule has 13 heavy (non-hydrogen) atoms. The topological polar surface area (TPSA) is 50.4 Å². The number of rotatable bonds is 2. The number of hydrogen-bond donors (Lipinski definition) is 1. The van der Waals surface area contributed by atoms with Crippen molar-refractivity contribution in [2.75, 3.05) is 0 Å². The zero-order valence-corrected chi connectivity index (χ0v) is 8.34. The van der Waals surface area contributed by atoms with Crippen LogP contribution in [0.5, 0.6) is 0 Å². The van der Waals surface area contributed by atoms with Crippen molar-refractivity contribution >= 4 is 5.97 Å². The first kappa shape index (κ1) is 9.84. The highest BCUT2D eigenvalue weighted by molar-refractivity contribution is 5.80. The first-order chi connectivity index (χ1) is 5.85. The molecule has 3 heteroatoms. The van der Waals surface area contributed by atoms with Crippen molar-refractivity contribution in [3.05, 3.63) is 23.2 Å². The lowest BCUT2D eigenvalue weighted by atomic mass is 9.85. The van der Waals surface area contributed by atoms with Crippen LogP contribution in [0.2, 0.25) is 0 Å². The smallest absolute Gasteiger partial charge is 0.313 e. The van der Waals surface area contributed by atoms with Crippen LogP contribution in [-0.4, -0.2) is 11.1 Å². The molecule has 0 aliphatic rings. The molecule has 0 spiro atoms. The van der Waals surface area contributed by atoms with Crippen LogP contribution in [0.1, 0.15) is 30.9 Å². The van der Waals surface area contributed by atoms with Gasteiger partial charge in [-0.25, -0.2) is 0 Å². The molecule has 1 N–H and O–H groups in total. The summed E-state index contributed by atoms with van der Waals surface area (Å²) in [5.41, 5.74) is -0.125. The molecule has 0 amide bonds. The van der Waals surface area contributed by atoms with Gasteiger partial charge in [0.25, 0.3) is 0 Å². The average molecular weight is 182 g/mol. The number of aryl methyl sites for hydroxylation is 2. The zero-order chi connectivity index (χ0) is 10.2. The lowest BCUT2D eigenvalue weighted by Crippen LogP contribution is -2.28. The van der Waals surface area contributed by atoms with E-state index >= 15 is 0 Å². The van der Waals surface area contributed by atoms with Crippen molar-refractivity contribution in [1.82, 2.24) is 0 Å². The minimum absolute atomic E-state index is 0.685. The number of carbonyl (C=O) groups is 1. The molecule has 0 aromatic carbocycles. The van der Waals surface area contributed by atoms with Crippen molar-refractivity contribution in [2.45, 2.75) is 33.1 Å². The largest absolute Gasteiger partial charge is 0.481 e. The number of carboxylic acids is 1. The second-order valence-corrected chi connectivity index (χ2v) is 3.76. The molecule has 0 saturated heterocycles. The predicted molar refractivity (Wildman–Crippen MR) is 48.8 cm³/mol. The van der Waals surface area contributed by atoms with Crippen LogP contribution in [0.4, 0.5) is 0 Å². The van der Waals surface area contributed by atoms with E-state index in [1.165, 1.54) is 0 Å². The second kappa shape index (κ2) is 2.91. The van der Waals surface area contributed by atoms with Crippen LogP contribution in [0, 0.1) is 13.8 Å². The van der Waals surface area contributed by atoms with Crippen LogP contribution in [-0.2, 0) is 10.2 Å². The van der Waals surface area contributed by atoms with Crippen LogP contribution in [0.25, 0.3) is 0 Å². The molecule has 0 radical (unpaired) electrons. The first-order valence-electron chi connectivity index (χ1n) is 4.16. The molecular formula is C10H14O3. The maximum Gasteiger partial charge on any atom is 0.313 e. The Kier molecular flexibility index (Phi) is 2.20. The van der Waals surface area contributed by atoms with Gasteiger partial charge in [0.1, 0.15) is 11.5 Å². The normalized spacial score (nSPS) is 11.7. The molecule has 0 saturated carbocycles. The molecule has 1 aromatic rings. The third-order valence-electron chi connectivity index (χ3n) is 2.25. The average Bonchev–Trinajstić information content (AvgIpc) is 2.30. The maximum atomic E-state index is 10.9. The van der Waals surface area contributed by atoms with E-state index in [2.05, 4.69) is 0 Å². The summed E-state index contributed by atoms with van der Waals surface area (Å²) < 4.78 is 5.29. The summed E-state index contributed by atoms with van der Waals surface area (Å²) in [5.74, 6) is 0.600. The molecule has 0 aliphatic heterocycles. The third kappa shape index (κ3) is 1.59. The fourth-order valence-electron chi connectivity index (χ4n) is 1.37.